The number of hydrogen-bond donors (Lipinski definition) is 6. The molecule has 2 amide bonds. The molecule has 2 rings (SSSR count). The van der Waals surface area contributed by atoms with E-state index in [4.69, 9.17) is 25.5 Å². The van der Waals surface area contributed by atoms with Crippen molar-refractivity contribution in [3.63, 3.8) is 0 Å². The van der Waals surface area contributed by atoms with E-state index in [1.807, 2.05) is 0 Å². The van der Waals surface area contributed by atoms with E-state index in [0.29, 0.717) is 17.7 Å². The Labute approximate surface area is 173 Å². The second-order valence-corrected chi connectivity index (χ2v) is 8.86. The van der Waals surface area contributed by atoms with Crippen LogP contribution in [-0.4, -0.2) is 67.1 Å². The first-order valence-corrected chi connectivity index (χ1v) is 10.8. The summed E-state index contributed by atoms with van der Waals surface area (Å²) >= 11 is 0. The van der Waals surface area contributed by atoms with Crippen LogP contribution in [0.5, 0.6) is 0 Å². The molecule has 12 heteroatoms. The molecule has 0 aromatic heterocycles. The summed E-state index contributed by atoms with van der Waals surface area (Å²) in [4.78, 5) is 75.0. The number of nitrogens with zero attached hydrogens (tertiary/aromatic N) is 1. The molecule has 30 heavy (non-hydrogen) atoms. The number of hydrogen-bond acceptors (Lipinski definition) is 8. The van der Waals surface area contributed by atoms with Crippen LogP contribution in [0.2, 0.25) is 0 Å². The molecule has 0 radical (unpaired) electrons. The lowest BCUT2D eigenvalue weighted by atomic mass is 9.74. The fourth-order valence-corrected chi connectivity index (χ4v) is 3.65. The molecule has 0 heterocycles. The maximum atomic E-state index is 12.3. The number of carbonyl (C=O) groups excluding carboxylic acids is 3. The van der Waals surface area contributed by atoms with Gasteiger partial charge in [0.15, 0.2) is 0 Å². The topological polar surface area (TPSA) is 190 Å². The van der Waals surface area contributed by atoms with Crippen LogP contribution >= 0.6 is 7.94 Å². The molecule has 3 unspecified atom stereocenters. The Kier molecular flexibility index (Phi) is 7.62. The Morgan fingerprint density at radius 2 is 1.73 bits per heavy atom. The fraction of sp³-hybridized carbons (Fsp3) is 0.444. The zero-order chi connectivity index (χ0) is 22.6. The van der Waals surface area contributed by atoms with Crippen molar-refractivity contribution < 1.29 is 39.0 Å². The Morgan fingerprint density at radius 1 is 1.13 bits per heavy atom. The van der Waals surface area contributed by atoms with Gasteiger partial charge in [-0.15, -0.1) is 0 Å². The highest BCUT2D eigenvalue weighted by atomic mass is 31.2. The first-order chi connectivity index (χ1) is 13.9. The minimum Gasteiger partial charge on any atom is -0.481 e. The van der Waals surface area contributed by atoms with Gasteiger partial charge in [0.25, 0.3) is 0 Å². The highest BCUT2D eigenvalue weighted by molar-refractivity contribution is 7.76. The predicted molar refractivity (Wildman–Crippen MR) is 107 cm³/mol. The Hall–Kier alpha value is -2.43. The standard InChI is InChI=1S/C18H24N3O8P/c1-21(17-12(18(25)26)9-13(17)19)15(23)7-6-14(22)20-11-4-2-10(3-5-11)8-16(24)30(27,28)29/h2-5,12-13,17,27-29H,6-9,19H2,1H3,(H-,20,22,25,26)/p+1. The molecule has 1 fully saturated rings. The van der Waals surface area contributed by atoms with Crippen molar-refractivity contribution in [3.05, 3.63) is 29.8 Å². The number of nitrogens with one attached hydrogen (secondary N) is 1. The summed E-state index contributed by atoms with van der Waals surface area (Å²) in [5.41, 5.74) is 5.55. The van der Waals surface area contributed by atoms with Gasteiger partial charge in [-0.1, -0.05) is 12.1 Å². The third-order valence-electron chi connectivity index (χ3n) is 5.03. The van der Waals surface area contributed by atoms with Gasteiger partial charge in [-0.3, -0.25) is 14.4 Å². The van der Waals surface area contributed by atoms with Crippen molar-refractivity contribution in [2.24, 2.45) is 11.7 Å². The molecule has 1 saturated carbocycles. The van der Waals surface area contributed by atoms with Gasteiger partial charge in [0.05, 0.1) is 18.4 Å². The number of anilines is 1. The van der Waals surface area contributed by atoms with Gasteiger partial charge in [-0.05, 0) is 24.1 Å². The number of aliphatic carboxylic acids is 1. The van der Waals surface area contributed by atoms with Gasteiger partial charge < -0.3 is 21.1 Å². The van der Waals surface area contributed by atoms with Crippen LogP contribution in [-0.2, 0) is 25.6 Å². The lowest BCUT2D eigenvalue weighted by Gasteiger charge is -2.45. The first kappa shape index (κ1) is 23.8. The number of benzene rings is 1. The highest BCUT2D eigenvalue weighted by Gasteiger charge is 2.47. The van der Waals surface area contributed by atoms with Crippen molar-refractivity contribution in [2.45, 2.75) is 37.8 Å². The highest BCUT2D eigenvalue weighted by Crippen LogP contribution is 2.46. The molecule has 0 bridgehead atoms. The monoisotopic (exact) mass is 442 g/mol. The summed E-state index contributed by atoms with van der Waals surface area (Å²) in [5.74, 6) is -2.52. The van der Waals surface area contributed by atoms with Gasteiger partial charge in [-0.25, -0.2) is 4.79 Å². The molecular weight excluding hydrogens is 417 g/mol. The molecule has 0 aliphatic heterocycles. The quantitative estimate of drug-likeness (QED) is 0.273. The van der Waals surface area contributed by atoms with E-state index >= 15 is 0 Å². The molecule has 11 nitrogen and oxygen atoms in total. The van der Waals surface area contributed by atoms with Crippen molar-refractivity contribution in [2.75, 3.05) is 12.4 Å². The number of nitrogens with two attached hydrogens (primary N) is 1. The second kappa shape index (κ2) is 9.59. The SMILES string of the molecule is CN(C(=O)CCC(=O)Nc1ccc(CC(=O)[P+](O)(O)O)cc1)C1C(N)CC1C(=O)O. The Balaban J connectivity index is 1.82. The molecule has 1 aromatic rings. The predicted octanol–water partition coefficient (Wildman–Crippen LogP) is -0.527. The van der Waals surface area contributed by atoms with Gasteiger partial charge in [0, 0.05) is 31.6 Å². The van der Waals surface area contributed by atoms with Crippen LogP contribution in [0.1, 0.15) is 24.8 Å². The van der Waals surface area contributed by atoms with Gasteiger partial charge in [0.2, 0.25) is 11.8 Å². The van der Waals surface area contributed by atoms with Gasteiger partial charge in [0.1, 0.15) is 0 Å². The zero-order valence-electron chi connectivity index (χ0n) is 16.3. The molecule has 1 aromatic carbocycles. The minimum absolute atomic E-state index is 0.111. The van der Waals surface area contributed by atoms with E-state index in [1.165, 1.54) is 36.2 Å². The van der Waals surface area contributed by atoms with Crippen molar-refractivity contribution in [1.29, 1.82) is 0 Å². The number of carboxylic acids is 1. The lowest BCUT2D eigenvalue weighted by Crippen LogP contribution is -2.63. The molecule has 0 saturated heterocycles. The van der Waals surface area contributed by atoms with E-state index < -0.39 is 43.3 Å². The Bertz CT molecular complexity index is 824. The number of carboxylic acid groups (broad SMARTS) is 1. The molecular formula is C18H25N3O8P+. The van der Waals surface area contributed by atoms with Crippen LogP contribution in [0.15, 0.2) is 24.3 Å². The maximum Gasteiger partial charge on any atom is 0.478 e. The third-order valence-corrected chi connectivity index (χ3v) is 5.86. The molecule has 1 aliphatic carbocycles. The second-order valence-electron chi connectivity index (χ2n) is 7.22. The molecule has 3 atom stereocenters. The first-order valence-electron chi connectivity index (χ1n) is 9.13. The minimum atomic E-state index is -4.54. The van der Waals surface area contributed by atoms with E-state index in [2.05, 4.69) is 5.32 Å². The van der Waals surface area contributed by atoms with Crippen LogP contribution in [0.3, 0.4) is 0 Å². The van der Waals surface area contributed by atoms with Gasteiger partial charge >= 0.3 is 19.4 Å². The maximum absolute atomic E-state index is 12.3. The number of rotatable bonds is 9. The largest absolute Gasteiger partial charge is 0.481 e. The number of amides is 2. The average molecular weight is 442 g/mol. The summed E-state index contributed by atoms with van der Waals surface area (Å²) in [6.07, 6.45) is -0.292. The molecule has 1 aliphatic rings. The summed E-state index contributed by atoms with van der Waals surface area (Å²) in [7, 11) is -3.06. The summed E-state index contributed by atoms with van der Waals surface area (Å²) in [6, 6.07) is 4.94. The molecule has 7 N–H and O–H groups in total. The molecule has 0 spiro atoms. The van der Waals surface area contributed by atoms with Crippen molar-refractivity contribution in [1.82, 2.24) is 4.90 Å². The molecule has 164 valence electrons. The lowest BCUT2D eigenvalue weighted by molar-refractivity contribution is -0.153. The third kappa shape index (κ3) is 6.04. The Morgan fingerprint density at radius 3 is 2.23 bits per heavy atom. The number of carbonyl (C=O) groups is 4. The van der Waals surface area contributed by atoms with Crippen LogP contribution in [0, 0.1) is 5.92 Å². The van der Waals surface area contributed by atoms with E-state index in [1.54, 1.807) is 0 Å². The van der Waals surface area contributed by atoms with Crippen LogP contribution < -0.4 is 11.1 Å². The van der Waals surface area contributed by atoms with E-state index in [-0.39, 0.29) is 25.2 Å². The normalized spacial score (nSPS) is 20.8. The zero-order valence-corrected chi connectivity index (χ0v) is 17.2. The average Bonchev–Trinajstić information content (AvgIpc) is 2.64. The van der Waals surface area contributed by atoms with Crippen LogP contribution in [0.25, 0.3) is 0 Å². The van der Waals surface area contributed by atoms with Crippen LogP contribution in [0.4, 0.5) is 5.69 Å². The summed E-state index contributed by atoms with van der Waals surface area (Å²) < 4.78 is 0. The summed E-state index contributed by atoms with van der Waals surface area (Å²) in [5, 5.41) is 11.7. The van der Waals surface area contributed by atoms with Crippen molar-refractivity contribution >= 4 is 36.9 Å². The van der Waals surface area contributed by atoms with E-state index in [0.717, 1.165) is 0 Å². The summed E-state index contributed by atoms with van der Waals surface area (Å²) in [6.45, 7) is 0. The smallest absolute Gasteiger partial charge is 0.478 e. The number of likely N-dealkylation sites (N-methyl/N-ethyl adjacent to an activating group) is 1. The fourth-order valence-electron chi connectivity index (χ4n) is 3.25. The van der Waals surface area contributed by atoms with Gasteiger partial charge in [-0.2, -0.15) is 14.7 Å². The van der Waals surface area contributed by atoms with E-state index in [9.17, 15) is 19.2 Å². The van der Waals surface area contributed by atoms with Crippen molar-refractivity contribution in [3.8, 4) is 0 Å².